The summed E-state index contributed by atoms with van der Waals surface area (Å²) < 4.78 is 22.1. The maximum absolute atomic E-state index is 12.8. The molecule has 0 aromatic carbocycles. The smallest absolute Gasteiger partial charge is 0.306 e. The predicted molar refractivity (Wildman–Crippen MR) is 237 cm³/mol. The second kappa shape index (κ2) is 38.8. The zero-order chi connectivity index (χ0) is 43.0. The van der Waals surface area contributed by atoms with E-state index in [4.69, 9.17) is 18.9 Å². The number of hydrogen-bond acceptors (Lipinski definition) is 10. The molecule has 0 bridgehead atoms. The number of carbonyl (C=O) groups excluding carboxylic acids is 2. The van der Waals surface area contributed by atoms with Gasteiger partial charge in [0, 0.05) is 12.8 Å². The van der Waals surface area contributed by atoms with Gasteiger partial charge < -0.3 is 39.4 Å². The maximum Gasteiger partial charge on any atom is 0.306 e. The van der Waals surface area contributed by atoms with E-state index in [0.29, 0.717) is 12.8 Å². The summed E-state index contributed by atoms with van der Waals surface area (Å²) in [6.45, 7) is 3.20. The van der Waals surface area contributed by atoms with Crippen LogP contribution in [0, 0.1) is 0 Å². The standard InChI is InChI=1S/C49H78O10/c1-3-5-7-9-11-13-15-17-19-21-23-25-27-29-31-33-35-37-44(51)56-40-42(41-57-49-48(55)47(54)46(53)43(39-50)59-49)58-45(52)38-36-34-32-30-28-26-24-22-20-18-16-14-12-10-8-6-4-2/h7-10,13-16,19-22,25-28,42-43,46-50,53-55H,3-6,11-12,17-18,23-24,29-41H2,1-2H3/b9-7+,10-8+,15-13+,16-14+,21-19+,22-20+,27-25+,28-26+/t42-,43-,46+,47?,48?,49-/m0/s1. The Balaban J connectivity index is 2.40. The van der Waals surface area contributed by atoms with E-state index in [1.165, 1.54) is 12.8 Å². The lowest BCUT2D eigenvalue weighted by atomic mass is 9.99. The topological polar surface area (TPSA) is 152 Å². The first kappa shape index (κ1) is 53.6. The Kier molecular flexibility index (Phi) is 35.3. The molecule has 1 aliphatic rings. The second-order valence-corrected chi connectivity index (χ2v) is 14.8. The molecule has 0 radical (unpaired) electrons. The summed E-state index contributed by atoms with van der Waals surface area (Å²) in [5.74, 6) is -0.891. The first-order chi connectivity index (χ1) is 28.8. The number of allylic oxidation sites excluding steroid dienone is 16. The van der Waals surface area contributed by atoms with Crippen LogP contribution in [-0.4, -0.2) is 89.0 Å². The average molecular weight is 827 g/mol. The summed E-state index contributed by atoms with van der Waals surface area (Å²) >= 11 is 0. The highest BCUT2D eigenvalue weighted by molar-refractivity contribution is 5.70. The minimum atomic E-state index is -1.61. The fourth-order valence-electron chi connectivity index (χ4n) is 5.87. The van der Waals surface area contributed by atoms with E-state index in [0.717, 1.165) is 89.9 Å². The van der Waals surface area contributed by atoms with Gasteiger partial charge in [-0.1, -0.05) is 137 Å². The van der Waals surface area contributed by atoms with Crippen LogP contribution < -0.4 is 0 Å². The Labute approximate surface area is 356 Å². The van der Waals surface area contributed by atoms with Gasteiger partial charge in [-0.25, -0.2) is 0 Å². The van der Waals surface area contributed by atoms with Crippen molar-refractivity contribution < 1.29 is 49.0 Å². The molecule has 0 aromatic rings. The van der Waals surface area contributed by atoms with Gasteiger partial charge in [0.2, 0.25) is 0 Å². The molecule has 2 unspecified atom stereocenters. The van der Waals surface area contributed by atoms with Crippen molar-refractivity contribution in [2.24, 2.45) is 0 Å². The first-order valence-corrected chi connectivity index (χ1v) is 22.3. The van der Waals surface area contributed by atoms with Gasteiger partial charge in [-0.2, -0.15) is 0 Å². The van der Waals surface area contributed by atoms with Crippen molar-refractivity contribution in [3.8, 4) is 0 Å². The summed E-state index contributed by atoms with van der Waals surface area (Å²) in [4.78, 5) is 25.3. The van der Waals surface area contributed by atoms with Crippen molar-refractivity contribution in [1.82, 2.24) is 0 Å². The van der Waals surface area contributed by atoms with Crippen LogP contribution in [0.25, 0.3) is 0 Å². The molecule has 334 valence electrons. The molecule has 10 heteroatoms. The molecule has 1 rings (SSSR count). The molecule has 0 saturated carbocycles. The van der Waals surface area contributed by atoms with Gasteiger partial charge in [0.15, 0.2) is 12.4 Å². The van der Waals surface area contributed by atoms with Gasteiger partial charge in [-0.15, -0.1) is 0 Å². The maximum atomic E-state index is 12.8. The molecular formula is C49H78O10. The summed E-state index contributed by atoms with van der Waals surface area (Å²) in [6, 6.07) is 0. The first-order valence-electron chi connectivity index (χ1n) is 22.3. The molecule has 10 nitrogen and oxygen atoms in total. The van der Waals surface area contributed by atoms with Crippen LogP contribution in [0.15, 0.2) is 97.2 Å². The highest BCUT2D eigenvalue weighted by Crippen LogP contribution is 2.22. The van der Waals surface area contributed by atoms with E-state index in [9.17, 15) is 30.0 Å². The summed E-state index contributed by atoms with van der Waals surface area (Å²) in [5.41, 5.74) is 0. The minimum absolute atomic E-state index is 0.179. The Morgan fingerprint density at radius 1 is 0.525 bits per heavy atom. The zero-order valence-corrected chi connectivity index (χ0v) is 36.2. The number of aliphatic hydroxyl groups is 4. The lowest BCUT2D eigenvalue weighted by Gasteiger charge is -2.39. The van der Waals surface area contributed by atoms with Crippen LogP contribution in [0.4, 0.5) is 0 Å². The third-order valence-electron chi connectivity index (χ3n) is 9.40. The summed E-state index contributed by atoms with van der Waals surface area (Å²) in [6.07, 6.45) is 44.0. The number of unbranched alkanes of at least 4 members (excludes halogenated alkanes) is 8. The van der Waals surface area contributed by atoms with E-state index < -0.39 is 55.4 Å². The van der Waals surface area contributed by atoms with Crippen molar-refractivity contribution >= 4 is 11.9 Å². The lowest BCUT2D eigenvalue weighted by Crippen LogP contribution is -2.59. The Hall–Kier alpha value is -3.38. The molecule has 4 N–H and O–H groups in total. The molecule has 1 heterocycles. The SMILES string of the molecule is CCC/C=C/C/C=C/C/C=C/C/C=C/CCCCCC(=O)OC[C@@H](CO[C@H]1O[C@@H](CO)[C@@H](O)C(O)C1O)OC(=O)CCCCC/C=C/C/C=C/C/C=C/C/C=C/CCC. The van der Waals surface area contributed by atoms with Crippen molar-refractivity contribution in [2.45, 2.75) is 179 Å². The van der Waals surface area contributed by atoms with Gasteiger partial charge >= 0.3 is 11.9 Å². The average Bonchev–Trinajstić information content (AvgIpc) is 3.23. The zero-order valence-electron chi connectivity index (χ0n) is 36.2. The molecule has 6 atom stereocenters. The molecular weight excluding hydrogens is 749 g/mol. The van der Waals surface area contributed by atoms with E-state index in [1.807, 2.05) is 0 Å². The van der Waals surface area contributed by atoms with Crippen molar-refractivity contribution in [1.29, 1.82) is 0 Å². The molecule has 1 aliphatic heterocycles. The van der Waals surface area contributed by atoms with Gasteiger partial charge in [0.05, 0.1) is 13.2 Å². The molecule has 0 aliphatic carbocycles. The lowest BCUT2D eigenvalue weighted by molar-refractivity contribution is -0.305. The molecule has 59 heavy (non-hydrogen) atoms. The number of ether oxygens (including phenoxy) is 4. The molecule has 0 aromatic heterocycles. The molecule has 0 amide bonds. The quantitative estimate of drug-likeness (QED) is 0.0276. The highest BCUT2D eigenvalue weighted by atomic mass is 16.7. The number of aliphatic hydroxyl groups excluding tert-OH is 4. The van der Waals surface area contributed by atoms with Crippen LogP contribution in [-0.2, 0) is 28.5 Å². The fraction of sp³-hybridized carbons (Fsp3) is 0.633. The van der Waals surface area contributed by atoms with E-state index >= 15 is 0 Å². The normalized spacial score (nSPS) is 20.9. The number of carbonyl (C=O) groups is 2. The number of hydrogen-bond donors (Lipinski definition) is 4. The second-order valence-electron chi connectivity index (χ2n) is 14.8. The third kappa shape index (κ3) is 30.3. The summed E-state index contributed by atoms with van der Waals surface area (Å²) in [7, 11) is 0. The van der Waals surface area contributed by atoms with Crippen LogP contribution in [0.2, 0.25) is 0 Å². The molecule has 1 fully saturated rings. The van der Waals surface area contributed by atoms with Gasteiger partial charge in [0.1, 0.15) is 31.0 Å². The van der Waals surface area contributed by atoms with Crippen molar-refractivity contribution in [2.75, 3.05) is 19.8 Å². The van der Waals surface area contributed by atoms with Crippen molar-refractivity contribution in [3.63, 3.8) is 0 Å². The molecule has 0 spiro atoms. The minimum Gasteiger partial charge on any atom is -0.462 e. The predicted octanol–water partition coefficient (Wildman–Crippen LogP) is 9.55. The van der Waals surface area contributed by atoms with E-state index in [-0.39, 0.29) is 26.1 Å². The Morgan fingerprint density at radius 2 is 0.949 bits per heavy atom. The molecule has 1 saturated heterocycles. The van der Waals surface area contributed by atoms with Crippen LogP contribution >= 0.6 is 0 Å². The van der Waals surface area contributed by atoms with Crippen LogP contribution in [0.1, 0.15) is 142 Å². The van der Waals surface area contributed by atoms with E-state index in [2.05, 4.69) is 111 Å². The number of rotatable bonds is 35. The van der Waals surface area contributed by atoms with E-state index in [1.54, 1.807) is 0 Å². The number of esters is 2. The van der Waals surface area contributed by atoms with Crippen LogP contribution in [0.5, 0.6) is 0 Å². The summed E-state index contributed by atoms with van der Waals surface area (Å²) in [5, 5.41) is 40.1. The van der Waals surface area contributed by atoms with Crippen LogP contribution in [0.3, 0.4) is 0 Å². The fourth-order valence-corrected chi connectivity index (χ4v) is 5.87. The monoisotopic (exact) mass is 827 g/mol. The third-order valence-corrected chi connectivity index (χ3v) is 9.40. The van der Waals surface area contributed by atoms with Crippen molar-refractivity contribution in [3.05, 3.63) is 97.2 Å². The largest absolute Gasteiger partial charge is 0.462 e. The highest BCUT2D eigenvalue weighted by Gasteiger charge is 2.44. The van der Waals surface area contributed by atoms with Gasteiger partial charge in [-0.05, 0) is 89.9 Å². The Morgan fingerprint density at radius 3 is 1.39 bits per heavy atom. The Bertz CT molecular complexity index is 1280. The van der Waals surface area contributed by atoms with Gasteiger partial charge in [-0.3, -0.25) is 9.59 Å². The van der Waals surface area contributed by atoms with Gasteiger partial charge in [0.25, 0.3) is 0 Å².